The largest absolute Gasteiger partial charge is 0.707 e. The molecular weight excluding hydrogens is 361 g/mol. The lowest BCUT2D eigenvalue weighted by molar-refractivity contribution is -0.107. The highest BCUT2D eigenvalue weighted by Crippen LogP contribution is 2.27. The molecule has 0 atom stereocenters. The Hall–Kier alpha value is -2.57. The number of benzene rings is 2. The van der Waals surface area contributed by atoms with Gasteiger partial charge in [-0.05, 0) is 82.6 Å². The highest BCUT2D eigenvalue weighted by molar-refractivity contribution is 6.33. The Balaban J connectivity index is 0.000000416. The molecule has 0 aliphatic rings. The van der Waals surface area contributed by atoms with Crippen molar-refractivity contribution in [2.45, 2.75) is 45.8 Å². The first-order valence-electron chi connectivity index (χ1n) is 8.59. The van der Waals surface area contributed by atoms with Crippen molar-refractivity contribution in [3.8, 4) is 23.3 Å². The van der Waals surface area contributed by atoms with Gasteiger partial charge in [0.25, 0.3) is 0 Å². The molecule has 0 fully saturated rings. The van der Waals surface area contributed by atoms with Gasteiger partial charge in [-0.2, -0.15) is 5.26 Å². The molecule has 0 aliphatic carbocycles. The van der Waals surface area contributed by atoms with Gasteiger partial charge in [-0.3, -0.25) is 0 Å². The Bertz CT molecular complexity index is 789. The fourth-order valence-corrected chi connectivity index (χ4v) is 1.66. The molecule has 0 saturated heterocycles. The number of nitriles is 1. The molecule has 0 aliphatic heterocycles. The summed E-state index contributed by atoms with van der Waals surface area (Å²) >= 11 is 0. The average molecular weight is 387 g/mol. The van der Waals surface area contributed by atoms with Gasteiger partial charge in [-0.15, -0.1) is 0 Å². The predicted molar refractivity (Wildman–Crippen MR) is 106 cm³/mol. The average Bonchev–Trinajstić information content (AvgIpc) is 2.56. The summed E-state index contributed by atoms with van der Waals surface area (Å²) < 4.78 is 10.4. The molecule has 7 nitrogen and oxygen atoms in total. The molecule has 0 radical (unpaired) electrons. The topological polar surface area (TPSA) is 123 Å². The van der Waals surface area contributed by atoms with E-state index in [4.69, 9.17) is 34.9 Å². The normalized spacial score (nSPS) is 11.0. The van der Waals surface area contributed by atoms with Crippen LogP contribution in [0.3, 0.4) is 0 Å². The molecule has 28 heavy (non-hydrogen) atoms. The van der Waals surface area contributed by atoms with Gasteiger partial charge in [0.2, 0.25) is 0 Å². The molecule has 0 unspecified atom stereocenters. The minimum absolute atomic E-state index is 0.368. The molecule has 0 aromatic heterocycles. The quantitative estimate of drug-likeness (QED) is 0.582. The van der Waals surface area contributed by atoms with Crippen LogP contribution in [0.5, 0.6) is 17.2 Å². The van der Waals surface area contributed by atoms with E-state index in [1.54, 1.807) is 77.1 Å². The third kappa shape index (κ3) is 7.58. The van der Waals surface area contributed by atoms with Gasteiger partial charge in [0, 0.05) is 0 Å². The number of aryl methyl sites for hydroxylation is 1. The van der Waals surface area contributed by atoms with Crippen LogP contribution < -0.4 is 9.39 Å². The second-order valence-corrected chi connectivity index (χ2v) is 7.23. The lowest BCUT2D eigenvalue weighted by Crippen LogP contribution is -2.44. The summed E-state index contributed by atoms with van der Waals surface area (Å²) in [6.07, 6.45) is 0. The van der Waals surface area contributed by atoms with Gasteiger partial charge < -0.3 is 29.7 Å². The number of hydrogen-bond acceptors (Lipinski definition) is 7. The first-order valence-corrected chi connectivity index (χ1v) is 8.59. The fraction of sp³-hybridized carbons (Fsp3) is 0.350. The fourth-order valence-electron chi connectivity index (χ4n) is 1.66. The van der Waals surface area contributed by atoms with Crippen molar-refractivity contribution in [3.63, 3.8) is 0 Å². The number of hydrogen-bond donors (Lipinski definition) is 4. The number of ether oxygens (including phenoxy) is 1. The predicted octanol–water partition coefficient (Wildman–Crippen LogP) is 2.54. The van der Waals surface area contributed by atoms with Gasteiger partial charge >= 0.3 is 7.32 Å². The van der Waals surface area contributed by atoms with Crippen molar-refractivity contribution >= 4 is 7.32 Å². The minimum atomic E-state index is -1.85. The van der Waals surface area contributed by atoms with E-state index in [0.717, 1.165) is 0 Å². The Morgan fingerprint density at radius 3 is 1.79 bits per heavy atom. The van der Waals surface area contributed by atoms with E-state index in [2.05, 4.69) is 0 Å². The third-order valence-electron chi connectivity index (χ3n) is 4.10. The summed E-state index contributed by atoms with van der Waals surface area (Å²) in [5, 5.41) is 44.4. The Kier molecular flexibility index (Phi) is 8.03. The maximum atomic E-state index is 9.10. The zero-order valence-electron chi connectivity index (χ0n) is 16.7. The molecule has 0 heterocycles. The zero-order valence-corrected chi connectivity index (χ0v) is 16.7. The molecule has 2 rings (SSSR count). The standard InChI is InChI=1S/C14H12BNO4.C6H14O2/c1-10-8-13(6-7-14(10)20-15(17)18)19-12-4-2-11(9-16)3-5-12;1-5(2,7)6(3,4)8/h2-8,17-18H,1H3;7-8H,1-4H3. The van der Waals surface area contributed by atoms with Crippen LogP contribution >= 0.6 is 0 Å². The Morgan fingerprint density at radius 2 is 1.39 bits per heavy atom. The van der Waals surface area contributed by atoms with Gasteiger partial charge in [0.15, 0.2) is 0 Å². The van der Waals surface area contributed by atoms with Crippen molar-refractivity contribution in [1.82, 2.24) is 0 Å². The highest BCUT2D eigenvalue weighted by Gasteiger charge is 2.31. The van der Waals surface area contributed by atoms with E-state index >= 15 is 0 Å². The van der Waals surface area contributed by atoms with Crippen LogP contribution in [-0.2, 0) is 0 Å². The summed E-state index contributed by atoms with van der Waals surface area (Å²) in [4.78, 5) is 0. The Labute approximate surface area is 165 Å². The van der Waals surface area contributed by atoms with Crippen molar-refractivity contribution in [2.24, 2.45) is 0 Å². The smallest absolute Gasteiger partial charge is 0.512 e. The molecule has 0 saturated carbocycles. The van der Waals surface area contributed by atoms with E-state index in [-0.39, 0.29) is 0 Å². The summed E-state index contributed by atoms with van der Waals surface area (Å²) in [7, 11) is -1.85. The van der Waals surface area contributed by atoms with Crippen LogP contribution in [-0.4, -0.2) is 38.8 Å². The molecule has 2 aromatic carbocycles. The lowest BCUT2D eigenvalue weighted by Gasteiger charge is -2.31. The first-order chi connectivity index (χ1) is 12.8. The molecule has 0 amide bonds. The monoisotopic (exact) mass is 387 g/mol. The van der Waals surface area contributed by atoms with Crippen molar-refractivity contribution in [2.75, 3.05) is 0 Å². The molecular formula is C20H26BNO6. The lowest BCUT2D eigenvalue weighted by atomic mass is 9.90. The molecule has 2 aromatic rings. The number of aliphatic hydroxyl groups is 2. The van der Waals surface area contributed by atoms with Crippen LogP contribution in [0.25, 0.3) is 0 Å². The summed E-state index contributed by atoms with van der Waals surface area (Å²) in [5.74, 6) is 1.57. The van der Waals surface area contributed by atoms with Crippen LogP contribution in [0.2, 0.25) is 0 Å². The first kappa shape index (κ1) is 23.5. The minimum Gasteiger partial charge on any atom is -0.512 e. The molecule has 8 heteroatoms. The second-order valence-electron chi connectivity index (χ2n) is 7.23. The van der Waals surface area contributed by atoms with Crippen molar-refractivity contribution < 1.29 is 29.7 Å². The van der Waals surface area contributed by atoms with Crippen molar-refractivity contribution in [1.29, 1.82) is 5.26 Å². The molecule has 150 valence electrons. The maximum Gasteiger partial charge on any atom is 0.707 e. The van der Waals surface area contributed by atoms with E-state index in [1.165, 1.54) is 0 Å². The van der Waals surface area contributed by atoms with Gasteiger partial charge in [0.1, 0.15) is 17.2 Å². The third-order valence-corrected chi connectivity index (χ3v) is 4.10. The van der Waals surface area contributed by atoms with E-state index in [0.29, 0.717) is 28.4 Å². The summed E-state index contributed by atoms with van der Waals surface area (Å²) in [5.41, 5.74) is -0.738. The second kappa shape index (κ2) is 9.58. The maximum absolute atomic E-state index is 9.10. The van der Waals surface area contributed by atoms with Crippen LogP contribution in [0.1, 0.15) is 38.8 Å². The highest BCUT2D eigenvalue weighted by atomic mass is 16.6. The SMILES string of the molecule is CC(C)(O)C(C)(C)O.Cc1cc(Oc2ccc(C#N)cc2)ccc1OB(O)O. The molecule has 0 bridgehead atoms. The zero-order chi connectivity index (χ0) is 21.5. The van der Waals surface area contributed by atoms with Gasteiger partial charge in [0.05, 0.1) is 22.8 Å². The van der Waals surface area contributed by atoms with Crippen LogP contribution in [0, 0.1) is 18.3 Å². The van der Waals surface area contributed by atoms with E-state index in [9.17, 15) is 0 Å². The van der Waals surface area contributed by atoms with Crippen LogP contribution in [0.4, 0.5) is 0 Å². The molecule has 4 N–H and O–H groups in total. The summed E-state index contributed by atoms with van der Waals surface area (Å²) in [6, 6.07) is 13.7. The number of rotatable bonds is 5. The van der Waals surface area contributed by atoms with Crippen molar-refractivity contribution in [3.05, 3.63) is 53.6 Å². The van der Waals surface area contributed by atoms with Gasteiger partial charge in [-0.25, -0.2) is 0 Å². The van der Waals surface area contributed by atoms with Crippen LogP contribution in [0.15, 0.2) is 42.5 Å². The summed E-state index contributed by atoms with van der Waals surface area (Å²) in [6.45, 7) is 8.07. The molecule has 0 spiro atoms. The number of nitrogens with zero attached hydrogens (tertiary/aromatic N) is 1. The van der Waals surface area contributed by atoms with E-state index in [1.807, 2.05) is 6.07 Å². The van der Waals surface area contributed by atoms with Gasteiger partial charge in [-0.1, -0.05) is 0 Å². The Morgan fingerprint density at radius 1 is 0.893 bits per heavy atom. The van der Waals surface area contributed by atoms with E-state index < -0.39 is 18.5 Å².